The summed E-state index contributed by atoms with van der Waals surface area (Å²) >= 11 is 0. The Bertz CT molecular complexity index is 1560. The van der Waals surface area contributed by atoms with E-state index in [1.54, 1.807) is 30.5 Å². The van der Waals surface area contributed by atoms with E-state index in [1.165, 1.54) is 0 Å². The highest BCUT2D eigenvalue weighted by atomic mass is 16.5. The van der Waals surface area contributed by atoms with Crippen LogP contribution < -0.4 is 16.4 Å². The number of rotatable bonds is 3. The van der Waals surface area contributed by atoms with Crippen molar-refractivity contribution in [2.24, 2.45) is 0 Å². The van der Waals surface area contributed by atoms with Crippen molar-refractivity contribution in [3.63, 3.8) is 0 Å². The normalized spacial score (nSPS) is 20.4. The van der Waals surface area contributed by atoms with Gasteiger partial charge in [-0.15, -0.1) is 0 Å². The lowest BCUT2D eigenvalue weighted by atomic mass is 9.90. The van der Waals surface area contributed by atoms with Gasteiger partial charge in [0.05, 0.1) is 23.6 Å². The number of hydrogen-bond acceptors (Lipinski definition) is 7. The molecule has 204 valence electrons. The van der Waals surface area contributed by atoms with Gasteiger partial charge in [0.15, 0.2) is 0 Å². The van der Waals surface area contributed by atoms with Gasteiger partial charge >= 0.3 is 0 Å². The highest BCUT2D eigenvalue weighted by Crippen LogP contribution is 2.38. The molecule has 2 atom stereocenters. The Morgan fingerprint density at radius 3 is 2.80 bits per heavy atom. The molecular formula is C30H31N7O3. The van der Waals surface area contributed by atoms with Crippen molar-refractivity contribution >= 4 is 34.4 Å². The second-order valence-electron chi connectivity index (χ2n) is 10.2. The van der Waals surface area contributed by atoms with Gasteiger partial charge in [0.2, 0.25) is 5.91 Å². The smallest absolute Gasteiger partial charge is 0.256 e. The van der Waals surface area contributed by atoms with E-state index in [4.69, 9.17) is 15.6 Å². The largest absolute Gasteiger partial charge is 0.383 e. The van der Waals surface area contributed by atoms with Crippen LogP contribution in [0.4, 0.5) is 11.6 Å². The van der Waals surface area contributed by atoms with Crippen LogP contribution in [-0.2, 0) is 16.0 Å². The molecule has 0 unspecified atom stereocenters. The van der Waals surface area contributed by atoms with Crippen LogP contribution in [0, 0.1) is 0 Å². The number of benzene rings is 1. The molecule has 2 amide bonds. The van der Waals surface area contributed by atoms with Crippen LogP contribution in [0.15, 0.2) is 67.0 Å². The fourth-order valence-electron chi connectivity index (χ4n) is 5.56. The number of aromatic nitrogens is 4. The Morgan fingerprint density at radius 2 is 1.98 bits per heavy atom. The number of fused-ring (bicyclic) bond motifs is 3. The Balaban J connectivity index is 1.40. The number of hydrogen-bond donors (Lipinski definition) is 3. The molecular weight excluding hydrogens is 506 g/mol. The van der Waals surface area contributed by atoms with Crippen molar-refractivity contribution in [3.8, 4) is 11.3 Å². The average molecular weight is 538 g/mol. The third-order valence-corrected chi connectivity index (χ3v) is 7.47. The summed E-state index contributed by atoms with van der Waals surface area (Å²) in [6, 6.07) is 12.8. The highest BCUT2D eigenvalue weighted by Gasteiger charge is 2.29. The van der Waals surface area contributed by atoms with Crippen molar-refractivity contribution in [3.05, 3.63) is 78.1 Å². The Labute approximate surface area is 231 Å². The molecule has 4 aromatic rings. The fourth-order valence-corrected chi connectivity index (χ4v) is 5.56. The van der Waals surface area contributed by atoms with E-state index >= 15 is 0 Å². The first-order valence-electron chi connectivity index (χ1n) is 13.6. The van der Waals surface area contributed by atoms with Gasteiger partial charge < -0.3 is 21.1 Å². The zero-order chi connectivity index (χ0) is 27.5. The summed E-state index contributed by atoms with van der Waals surface area (Å²) in [4.78, 5) is 33.9. The predicted molar refractivity (Wildman–Crippen MR) is 153 cm³/mol. The van der Waals surface area contributed by atoms with Gasteiger partial charge in [-0.2, -0.15) is 5.10 Å². The summed E-state index contributed by atoms with van der Waals surface area (Å²) in [5, 5.41) is 11.9. The van der Waals surface area contributed by atoms with Gasteiger partial charge in [-0.25, -0.2) is 9.97 Å². The van der Waals surface area contributed by atoms with Gasteiger partial charge in [-0.05, 0) is 56.4 Å². The topological polar surface area (TPSA) is 137 Å². The van der Waals surface area contributed by atoms with Crippen LogP contribution in [0.3, 0.4) is 0 Å². The first kappa shape index (κ1) is 25.7. The van der Waals surface area contributed by atoms with Crippen LogP contribution in [0.5, 0.6) is 0 Å². The van der Waals surface area contributed by atoms with E-state index in [9.17, 15) is 9.59 Å². The van der Waals surface area contributed by atoms with Crippen molar-refractivity contribution in [1.82, 2.24) is 25.1 Å². The molecule has 4 N–H and O–H groups in total. The molecule has 2 aliphatic rings. The molecule has 6 rings (SSSR count). The van der Waals surface area contributed by atoms with Crippen molar-refractivity contribution < 1.29 is 14.3 Å². The number of ether oxygens (including phenoxy) is 1. The van der Waals surface area contributed by atoms with Gasteiger partial charge in [-0.1, -0.05) is 30.4 Å². The number of carbonyl (C=O) groups is 2. The molecule has 1 fully saturated rings. The molecule has 4 heterocycles. The highest BCUT2D eigenvalue weighted by molar-refractivity contribution is 6.05. The zero-order valence-electron chi connectivity index (χ0n) is 22.0. The lowest BCUT2D eigenvalue weighted by Gasteiger charge is -2.30. The number of nitrogens with zero attached hydrogens (tertiary/aromatic N) is 4. The predicted octanol–water partition coefficient (Wildman–Crippen LogP) is 4.06. The van der Waals surface area contributed by atoms with Gasteiger partial charge in [0.1, 0.15) is 23.9 Å². The van der Waals surface area contributed by atoms with E-state index < -0.39 is 0 Å². The molecule has 2 bridgehead atoms. The molecule has 3 aromatic heterocycles. The van der Waals surface area contributed by atoms with Gasteiger partial charge in [-0.3, -0.25) is 14.3 Å². The van der Waals surface area contributed by atoms with E-state index in [-0.39, 0.29) is 30.5 Å². The van der Waals surface area contributed by atoms with E-state index in [1.807, 2.05) is 36.5 Å². The van der Waals surface area contributed by atoms with Crippen LogP contribution in [0.2, 0.25) is 0 Å². The maximum atomic E-state index is 12.8. The SMILES string of the molecule is Nc1ncc2c3c1c(-c1ccc(C(=O)Nc4ccccn4)cc1)nn3[C@@H]1CCC[C@H](C1)NC(=O)COC/C=C/C2. The molecule has 1 aliphatic carbocycles. The molecule has 1 aromatic carbocycles. The second kappa shape index (κ2) is 11.3. The number of anilines is 2. The van der Waals surface area contributed by atoms with Crippen molar-refractivity contribution in [2.45, 2.75) is 44.2 Å². The van der Waals surface area contributed by atoms with Gasteiger partial charge in [0, 0.05) is 35.1 Å². The number of pyridine rings is 2. The second-order valence-corrected chi connectivity index (χ2v) is 10.2. The Morgan fingerprint density at radius 1 is 1.10 bits per heavy atom. The Kier molecular flexibility index (Phi) is 7.24. The molecule has 0 spiro atoms. The standard InChI is InChI=1S/C30H31N7O3/c31-29-26-27(19-10-12-20(13-11-19)30(39)35-24-9-1-3-14-32-24)36-37-23-8-5-7-22(16-23)34-25(38)18-40-15-4-2-6-21(17-33-29)28(26)37/h1-4,9-14,17,22-23H,5-8,15-16,18H2,(H2,31,33)(H,34,38)(H,32,35,39)/b4-2+/t22-,23-/m1/s1. The van der Waals surface area contributed by atoms with E-state index in [0.717, 1.165) is 53.4 Å². The molecule has 0 radical (unpaired) electrons. The number of nitrogens with one attached hydrogen (secondary N) is 2. The van der Waals surface area contributed by atoms with Crippen LogP contribution in [-0.4, -0.2) is 50.8 Å². The van der Waals surface area contributed by atoms with Crippen LogP contribution in [0.25, 0.3) is 22.2 Å². The summed E-state index contributed by atoms with van der Waals surface area (Å²) in [5.41, 5.74) is 10.5. The van der Waals surface area contributed by atoms with Crippen LogP contribution >= 0.6 is 0 Å². The van der Waals surface area contributed by atoms with Gasteiger partial charge in [0.25, 0.3) is 5.91 Å². The van der Waals surface area contributed by atoms with Crippen LogP contribution in [0.1, 0.15) is 47.6 Å². The van der Waals surface area contributed by atoms with Crippen molar-refractivity contribution in [2.75, 3.05) is 24.3 Å². The molecule has 40 heavy (non-hydrogen) atoms. The maximum Gasteiger partial charge on any atom is 0.256 e. The summed E-state index contributed by atoms with van der Waals surface area (Å²) < 4.78 is 7.62. The number of nitrogens with two attached hydrogens (primary N) is 1. The summed E-state index contributed by atoms with van der Waals surface area (Å²) in [6.45, 7) is 0.406. The quantitative estimate of drug-likeness (QED) is 0.335. The first-order valence-corrected chi connectivity index (χ1v) is 13.6. The molecule has 10 nitrogen and oxygen atoms in total. The summed E-state index contributed by atoms with van der Waals surface area (Å²) in [6.07, 6.45) is 11.6. The average Bonchev–Trinajstić information content (AvgIpc) is 3.38. The van der Waals surface area contributed by atoms with E-state index in [2.05, 4.69) is 25.3 Å². The third kappa shape index (κ3) is 5.30. The Hall–Kier alpha value is -4.57. The number of allylic oxidation sites excluding steroid dienone is 1. The lowest BCUT2D eigenvalue weighted by Crippen LogP contribution is -2.40. The first-order chi connectivity index (χ1) is 19.6. The molecule has 1 aliphatic heterocycles. The minimum atomic E-state index is -0.243. The number of amides is 2. The number of carbonyl (C=O) groups excluding carboxylic acids is 2. The monoisotopic (exact) mass is 537 g/mol. The zero-order valence-corrected chi connectivity index (χ0v) is 22.0. The number of nitrogen functional groups attached to an aromatic ring is 1. The summed E-state index contributed by atoms with van der Waals surface area (Å²) in [7, 11) is 0. The lowest BCUT2D eigenvalue weighted by molar-refractivity contribution is -0.126. The van der Waals surface area contributed by atoms with E-state index in [0.29, 0.717) is 30.2 Å². The fraction of sp³-hybridized carbons (Fsp3) is 0.300. The third-order valence-electron chi connectivity index (χ3n) is 7.47. The molecule has 10 heteroatoms. The molecule has 1 saturated carbocycles. The maximum absolute atomic E-state index is 12.8. The minimum Gasteiger partial charge on any atom is -0.383 e. The van der Waals surface area contributed by atoms with Crippen molar-refractivity contribution in [1.29, 1.82) is 0 Å². The molecule has 0 saturated heterocycles. The summed E-state index contributed by atoms with van der Waals surface area (Å²) in [5.74, 6) is 0.563. The minimum absolute atomic E-state index is 0.0478.